The number of primary sulfonamides is 1. The molecule has 3 aromatic rings. The lowest BCUT2D eigenvalue weighted by molar-refractivity contribution is -0.0262. The lowest BCUT2D eigenvalue weighted by Crippen LogP contribution is -2.47. The van der Waals surface area contributed by atoms with E-state index in [0.717, 1.165) is 49.2 Å². The molecule has 0 aromatic heterocycles. The van der Waals surface area contributed by atoms with Crippen LogP contribution in [-0.4, -0.2) is 62.9 Å². The molecule has 1 aliphatic rings. The second kappa shape index (κ2) is 13.8. The van der Waals surface area contributed by atoms with Gasteiger partial charge in [0.1, 0.15) is 0 Å². The summed E-state index contributed by atoms with van der Waals surface area (Å²) in [5.41, 5.74) is 1.74. The molecule has 10 heteroatoms. The number of piperidine rings is 1. The third-order valence-electron chi connectivity index (χ3n) is 8.02. The smallest absolute Gasteiger partial charge is 0.314 e. The number of carbonyl (C=O) groups excluding carboxylic acids is 1. The van der Waals surface area contributed by atoms with Gasteiger partial charge in [0, 0.05) is 36.6 Å². The highest BCUT2D eigenvalue weighted by Crippen LogP contribution is 2.38. The number of hydrogen-bond donors (Lipinski definition) is 4. The Morgan fingerprint density at radius 2 is 1.49 bits per heavy atom. The van der Waals surface area contributed by atoms with E-state index in [1.807, 2.05) is 60.7 Å². The van der Waals surface area contributed by atoms with Gasteiger partial charge in [0.25, 0.3) is 0 Å². The molecule has 220 valence electrons. The van der Waals surface area contributed by atoms with Gasteiger partial charge in [-0.25, -0.2) is 18.4 Å². The van der Waals surface area contributed by atoms with Crippen LogP contribution >= 0.6 is 11.6 Å². The van der Waals surface area contributed by atoms with Crippen LogP contribution in [0.5, 0.6) is 0 Å². The Kier molecular flexibility index (Phi) is 10.4. The van der Waals surface area contributed by atoms with Crippen LogP contribution < -0.4 is 15.8 Å². The molecule has 41 heavy (non-hydrogen) atoms. The summed E-state index contributed by atoms with van der Waals surface area (Å²) in [4.78, 5) is 15.0. The molecular weight excluding hydrogens is 560 g/mol. The fourth-order valence-electron chi connectivity index (χ4n) is 5.66. The average Bonchev–Trinajstić information content (AvgIpc) is 2.96. The fourth-order valence-corrected chi connectivity index (χ4v) is 6.18. The molecule has 8 nitrogen and oxygen atoms in total. The van der Waals surface area contributed by atoms with E-state index in [-0.39, 0.29) is 12.3 Å². The van der Waals surface area contributed by atoms with E-state index >= 15 is 0 Å². The van der Waals surface area contributed by atoms with Crippen molar-refractivity contribution in [3.8, 4) is 0 Å². The average molecular weight is 599 g/mol. The number of nitrogens with zero attached hydrogens (tertiary/aromatic N) is 1. The Bertz CT molecular complexity index is 1320. The highest BCUT2D eigenvalue weighted by atomic mass is 35.5. The molecule has 0 atom stereocenters. The standard InChI is InChI=1S/C31H39ClN4O4S/c32-28-14-12-27(13-15-28)31(38)17-21-36(22-18-31)20-7-16-30(25-8-3-1-4-9-25,26-10-5-2-6-11-26)24-35-29(37)34-19-23-41(33,39)40/h1-6,8-15,38H,7,16-24H2,(H2,33,39,40)(H2,34,35,37). The van der Waals surface area contributed by atoms with Gasteiger partial charge >= 0.3 is 6.03 Å². The van der Waals surface area contributed by atoms with Crippen molar-refractivity contribution in [3.05, 3.63) is 107 Å². The van der Waals surface area contributed by atoms with E-state index in [9.17, 15) is 18.3 Å². The van der Waals surface area contributed by atoms with Crippen molar-refractivity contribution < 1.29 is 18.3 Å². The van der Waals surface area contributed by atoms with Crippen LogP contribution in [0.25, 0.3) is 0 Å². The lowest BCUT2D eigenvalue weighted by Gasteiger charge is -2.40. The molecule has 0 aliphatic carbocycles. The van der Waals surface area contributed by atoms with E-state index in [4.69, 9.17) is 16.7 Å². The normalized spacial score (nSPS) is 15.8. The second-order valence-corrected chi connectivity index (χ2v) is 12.9. The van der Waals surface area contributed by atoms with Crippen molar-refractivity contribution in [1.29, 1.82) is 0 Å². The van der Waals surface area contributed by atoms with Crippen LogP contribution in [0.3, 0.4) is 0 Å². The largest absolute Gasteiger partial charge is 0.385 e. The number of sulfonamides is 1. The van der Waals surface area contributed by atoms with Crippen LogP contribution in [0.1, 0.15) is 42.4 Å². The number of rotatable bonds is 12. The Labute approximate surface area is 248 Å². The topological polar surface area (TPSA) is 125 Å². The molecule has 0 radical (unpaired) electrons. The Morgan fingerprint density at radius 3 is 2.02 bits per heavy atom. The molecule has 0 saturated carbocycles. The van der Waals surface area contributed by atoms with Gasteiger partial charge in [0.2, 0.25) is 10.0 Å². The third kappa shape index (κ3) is 8.53. The van der Waals surface area contributed by atoms with Crippen molar-refractivity contribution in [1.82, 2.24) is 15.5 Å². The number of urea groups is 1. The minimum Gasteiger partial charge on any atom is -0.385 e. The van der Waals surface area contributed by atoms with Crippen molar-refractivity contribution in [3.63, 3.8) is 0 Å². The van der Waals surface area contributed by atoms with Gasteiger partial charge in [0.15, 0.2) is 0 Å². The van der Waals surface area contributed by atoms with Crippen LogP contribution in [0.15, 0.2) is 84.9 Å². The van der Waals surface area contributed by atoms with Gasteiger partial charge < -0.3 is 20.6 Å². The number of benzene rings is 3. The molecule has 3 aromatic carbocycles. The Hall–Kier alpha value is -2.95. The van der Waals surface area contributed by atoms with Crippen molar-refractivity contribution in [2.45, 2.75) is 36.7 Å². The first kappa shape index (κ1) is 31.0. The predicted molar refractivity (Wildman–Crippen MR) is 163 cm³/mol. The highest BCUT2D eigenvalue weighted by Gasteiger charge is 2.36. The van der Waals surface area contributed by atoms with Gasteiger partial charge in [-0.2, -0.15) is 0 Å². The maximum Gasteiger partial charge on any atom is 0.314 e. The fraction of sp³-hybridized carbons (Fsp3) is 0.387. The molecule has 0 unspecified atom stereocenters. The first-order chi connectivity index (χ1) is 19.6. The van der Waals surface area contributed by atoms with E-state index in [1.165, 1.54) is 0 Å². The SMILES string of the molecule is NS(=O)(=O)CCNC(=O)NCC(CCCN1CCC(O)(c2ccc(Cl)cc2)CC1)(c1ccccc1)c1ccccc1. The zero-order chi connectivity index (χ0) is 29.3. The molecule has 1 heterocycles. The van der Waals surface area contributed by atoms with Gasteiger partial charge in [-0.15, -0.1) is 0 Å². The molecule has 1 fully saturated rings. The number of nitrogens with two attached hydrogens (primary N) is 1. The summed E-state index contributed by atoms with van der Waals surface area (Å²) < 4.78 is 22.5. The minimum absolute atomic E-state index is 0.0638. The lowest BCUT2D eigenvalue weighted by atomic mass is 9.71. The third-order valence-corrected chi connectivity index (χ3v) is 9.04. The first-order valence-corrected chi connectivity index (χ1v) is 16.0. The summed E-state index contributed by atoms with van der Waals surface area (Å²) in [7, 11) is -3.66. The zero-order valence-electron chi connectivity index (χ0n) is 23.1. The molecule has 0 bridgehead atoms. The summed E-state index contributed by atoms with van der Waals surface area (Å²) >= 11 is 6.04. The number of carbonyl (C=O) groups is 1. The Balaban J connectivity index is 1.45. The summed E-state index contributed by atoms with van der Waals surface area (Å²) in [6.45, 7) is 2.70. The van der Waals surface area contributed by atoms with Crippen LogP contribution in [0.4, 0.5) is 4.79 Å². The number of hydrogen-bond acceptors (Lipinski definition) is 5. The minimum atomic E-state index is -3.66. The van der Waals surface area contributed by atoms with E-state index in [1.54, 1.807) is 0 Å². The first-order valence-electron chi connectivity index (χ1n) is 13.9. The number of amides is 2. The number of likely N-dealkylation sites (tertiary alicyclic amines) is 1. The second-order valence-electron chi connectivity index (χ2n) is 10.8. The zero-order valence-corrected chi connectivity index (χ0v) is 24.7. The van der Waals surface area contributed by atoms with Crippen molar-refractivity contribution in [2.24, 2.45) is 5.14 Å². The monoisotopic (exact) mass is 598 g/mol. The number of nitrogens with one attached hydrogen (secondary N) is 2. The summed E-state index contributed by atoms with van der Waals surface area (Å²) in [6.07, 6.45) is 2.95. The van der Waals surface area contributed by atoms with E-state index in [2.05, 4.69) is 39.8 Å². The van der Waals surface area contributed by atoms with Crippen molar-refractivity contribution in [2.75, 3.05) is 38.5 Å². The van der Waals surface area contributed by atoms with Gasteiger partial charge in [-0.3, -0.25) is 0 Å². The van der Waals surface area contributed by atoms with Crippen molar-refractivity contribution >= 4 is 27.7 Å². The summed E-state index contributed by atoms with van der Waals surface area (Å²) in [6, 6.07) is 27.3. The number of aliphatic hydroxyl groups is 1. The molecular formula is C31H39ClN4O4S. The van der Waals surface area contributed by atoms with Crippen LogP contribution in [-0.2, 0) is 21.0 Å². The molecule has 5 N–H and O–H groups in total. The molecule has 1 saturated heterocycles. The van der Waals surface area contributed by atoms with Crippen LogP contribution in [0, 0.1) is 0 Å². The molecule has 4 rings (SSSR count). The van der Waals surface area contributed by atoms with Gasteiger partial charge in [-0.1, -0.05) is 84.4 Å². The summed E-state index contributed by atoms with van der Waals surface area (Å²) in [5.74, 6) is -0.327. The summed E-state index contributed by atoms with van der Waals surface area (Å²) in [5, 5.41) is 22.6. The van der Waals surface area contributed by atoms with E-state index < -0.39 is 27.1 Å². The molecule has 2 amide bonds. The highest BCUT2D eigenvalue weighted by molar-refractivity contribution is 7.89. The predicted octanol–water partition coefficient (Wildman–Crippen LogP) is 3.98. The van der Waals surface area contributed by atoms with E-state index in [0.29, 0.717) is 24.4 Å². The van der Waals surface area contributed by atoms with Gasteiger partial charge in [-0.05, 0) is 61.1 Å². The maximum atomic E-state index is 12.7. The molecule has 1 aliphatic heterocycles. The van der Waals surface area contributed by atoms with Gasteiger partial charge in [0.05, 0.1) is 11.4 Å². The Morgan fingerprint density at radius 1 is 0.927 bits per heavy atom. The quantitative estimate of drug-likeness (QED) is 0.251. The number of halogens is 1. The maximum absolute atomic E-state index is 12.7. The molecule has 0 spiro atoms. The van der Waals surface area contributed by atoms with Crippen LogP contribution in [0.2, 0.25) is 5.02 Å².